The van der Waals surface area contributed by atoms with E-state index in [0.717, 1.165) is 12.8 Å². The van der Waals surface area contributed by atoms with Crippen molar-refractivity contribution in [2.75, 3.05) is 0 Å². The molecule has 0 aromatic rings. The van der Waals surface area contributed by atoms with Crippen LogP contribution in [0.5, 0.6) is 0 Å². The summed E-state index contributed by atoms with van der Waals surface area (Å²) in [5.74, 6) is 0. The lowest BCUT2D eigenvalue weighted by molar-refractivity contribution is 0.316. The third-order valence-corrected chi connectivity index (χ3v) is 2.06. The second kappa shape index (κ2) is 3.11. The first-order chi connectivity index (χ1) is 3.68. The van der Waals surface area contributed by atoms with E-state index in [1.54, 1.807) is 0 Å². The Balaban J connectivity index is 3.58. The monoisotopic (exact) mass is 112 g/mol. The third kappa shape index (κ3) is 1.85. The molecule has 8 heavy (non-hydrogen) atoms. The molecule has 0 saturated heterocycles. The highest BCUT2D eigenvalue weighted by Gasteiger charge is 2.15. The molecule has 0 rings (SSSR count). The summed E-state index contributed by atoms with van der Waals surface area (Å²) >= 11 is 0. The third-order valence-electron chi connectivity index (χ3n) is 2.06. The zero-order valence-electron chi connectivity index (χ0n) is 6.04. The first-order valence-electron chi connectivity index (χ1n) is 3.27. The molecule has 48 valence electrons. The van der Waals surface area contributed by atoms with E-state index in [1.165, 1.54) is 6.42 Å². The van der Waals surface area contributed by atoms with Crippen LogP contribution >= 0.6 is 0 Å². The smallest absolute Gasteiger partial charge is 0.0328 e. The Morgan fingerprint density at radius 3 is 1.62 bits per heavy atom. The molecule has 0 aliphatic rings. The van der Waals surface area contributed by atoms with Gasteiger partial charge in [0.15, 0.2) is 0 Å². The largest absolute Gasteiger partial charge is 0.0649 e. The Labute approximate surface area is 53.3 Å². The van der Waals surface area contributed by atoms with Gasteiger partial charge >= 0.3 is 0 Å². The quantitative estimate of drug-likeness (QED) is 0.526. The van der Waals surface area contributed by atoms with E-state index in [4.69, 9.17) is 0 Å². The van der Waals surface area contributed by atoms with Crippen LogP contribution in [0, 0.1) is 19.3 Å². The predicted octanol–water partition coefficient (Wildman–Crippen LogP) is 2.85. The second-order valence-corrected chi connectivity index (χ2v) is 2.66. The molecule has 0 aromatic carbocycles. The van der Waals surface area contributed by atoms with Gasteiger partial charge < -0.3 is 0 Å². The molecule has 0 atom stereocenters. The predicted molar refractivity (Wildman–Crippen MR) is 38.3 cm³/mol. The summed E-state index contributed by atoms with van der Waals surface area (Å²) in [6, 6.07) is 0. The van der Waals surface area contributed by atoms with E-state index in [-0.39, 0.29) is 0 Å². The minimum absolute atomic E-state index is 0.403. The topological polar surface area (TPSA) is 0 Å². The average Bonchev–Trinajstić information content (AvgIpc) is 1.87. The molecule has 0 aromatic heterocycles. The molecule has 0 bridgehead atoms. The highest BCUT2D eigenvalue weighted by Crippen LogP contribution is 2.27. The summed E-state index contributed by atoms with van der Waals surface area (Å²) in [6.07, 6.45) is 3.21. The first-order valence-corrected chi connectivity index (χ1v) is 3.27. The van der Waals surface area contributed by atoms with E-state index >= 15 is 0 Å². The van der Waals surface area contributed by atoms with Gasteiger partial charge in [-0.3, -0.25) is 0 Å². The lowest BCUT2D eigenvalue weighted by Crippen LogP contribution is -2.11. The van der Waals surface area contributed by atoms with Crippen molar-refractivity contribution in [2.24, 2.45) is 5.41 Å². The minimum atomic E-state index is 0.403. The molecule has 2 radical (unpaired) electrons. The summed E-state index contributed by atoms with van der Waals surface area (Å²) < 4.78 is 0. The van der Waals surface area contributed by atoms with Crippen LogP contribution in [0.4, 0.5) is 0 Å². The van der Waals surface area contributed by atoms with Gasteiger partial charge in [-0.1, -0.05) is 34.1 Å². The molecule has 0 unspecified atom stereocenters. The van der Waals surface area contributed by atoms with E-state index < -0.39 is 0 Å². The molecule has 0 aliphatic carbocycles. The van der Waals surface area contributed by atoms with Crippen LogP contribution in [-0.2, 0) is 0 Å². The molecule has 0 heterocycles. The fraction of sp³-hybridized carbons (Fsp3) is 0.750. The number of rotatable bonds is 3. The highest BCUT2D eigenvalue weighted by molar-refractivity contribution is 4.73. The van der Waals surface area contributed by atoms with Crippen molar-refractivity contribution >= 4 is 0 Å². The van der Waals surface area contributed by atoms with Gasteiger partial charge in [0.25, 0.3) is 0 Å². The van der Waals surface area contributed by atoms with Crippen molar-refractivity contribution in [2.45, 2.75) is 33.1 Å². The highest BCUT2D eigenvalue weighted by atomic mass is 14.2. The number of hydrogen-bond donors (Lipinski definition) is 0. The maximum absolute atomic E-state index is 3.86. The van der Waals surface area contributed by atoms with Crippen LogP contribution in [0.2, 0.25) is 0 Å². The van der Waals surface area contributed by atoms with Crippen molar-refractivity contribution in [3.05, 3.63) is 13.8 Å². The molecule has 0 N–H and O–H groups in total. The lowest BCUT2D eigenvalue weighted by atomic mass is 9.82. The summed E-state index contributed by atoms with van der Waals surface area (Å²) in [7, 11) is 0. The van der Waals surface area contributed by atoms with Crippen molar-refractivity contribution in [3.63, 3.8) is 0 Å². The zero-order valence-corrected chi connectivity index (χ0v) is 6.04. The van der Waals surface area contributed by atoms with Gasteiger partial charge in [0.1, 0.15) is 0 Å². The summed E-state index contributed by atoms with van der Waals surface area (Å²) in [5, 5.41) is 0. The van der Waals surface area contributed by atoms with Crippen LogP contribution in [0.3, 0.4) is 0 Å². The van der Waals surface area contributed by atoms with Gasteiger partial charge in [0.2, 0.25) is 0 Å². The van der Waals surface area contributed by atoms with Gasteiger partial charge in [-0.15, -0.1) is 0 Å². The normalized spacial score (nSPS) is 12.0. The van der Waals surface area contributed by atoms with Crippen LogP contribution in [0.15, 0.2) is 0 Å². The van der Waals surface area contributed by atoms with Crippen molar-refractivity contribution in [1.29, 1.82) is 0 Å². The van der Waals surface area contributed by atoms with Gasteiger partial charge in [-0.05, 0) is 18.3 Å². The van der Waals surface area contributed by atoms with E-state index in [0.29, 0.717) is 5.41 Å². The summed E-state index contributed by atoms with van der Waals surface area (Å²) in [4.78, 5) is 0. The summed E-state index contributed by atoms with van der Waals surface area (Å²) in [5.41, 5.74) is 0.403. The van der Waals surface area contributed by atoms with Gasteiger partial charge in [0, 0.05) is 0 Å². The molecule has 0 amide bonds. The second-order valence-electron chi connectivity index (χ2n) is 2.66. The Kier molecular flexibility index (Phi) is 3.11. The van der Waals surface area contributed by atoms with Crippen molar-refractivity contribution in [1.82, 2.24) is 0 Å². The van der Waals surface area contributed by atoms with E-state index in [2.05, 4.69) is 27.7 Å². The fourth-order valence-electron chi connectivity index (χ4n) is 0.479. The van der Waals surface area contributed by atoms with Gasteiger partial charge in [-0.2, -0.15) is 0 Å². The molecule has 0 aliphatic heterocycles. The van der Waals surface area contributed by atoms with Crippen LogP contribution in [0.25, 0.3) is 0 Å². The van der Waals surface area contributed by atoms with Gasteiger partial charge in [0.05, 0.1) is 0 Å². The molecule has 0 nitrogen and oxygen atoms in total. The van der Waals surface area contributed by atoms with E-state index in [1.807, 2.05) is 0 Å². The maximum atomic E-state index is 3.86. The maximum Gasteiger partial charge on any atom is -0.0328 e. The molecule has 0 spiro atoms. The zero-order chi connectivity index (χ0) is 6.62. The van der Waals surface area contributed by atoms with Gasteiger partial charge in [-0.25, -0.2) is 0 Å². The first kappa shape index (κ1) is 8.00. The van der Waals surface area contributed by atoms with Crippen molar-refractivity contribution in [3.8, 4) is 0 Å². The Morgan fingerprint density at radius 1 is 1.25 bits per heavy atom. The van der Waals surface area contributed by atoms with E-state index in [9.17, 15) is 0 Å². The Morgan fingerprint density at radius 2 is 1.62 bits per heavy atom. The van der Waals surface area contributed by atoms with Crippen molar-refractivity contribution < 1.29 is 0 Å². The van der Waals surface area contributed by atoms with Crippen LogP contribution < -0.4 is 0 Å². The molecule has 0 fully saturated rings. The molecule has 0 saturated carbocycles. The minimum Gasteiger partial charge on any atom is -0.0649 e. The Hall–Kier alpha value is 0. The Bertz CT molecular complexity index is 42.8. The summed E-state index contributed by atoms with van der Waals surface area (Å²) in [6.45, 7) is 12.1. The standard InChI is InChI=1S/C8H16/c1-5-8(4,6-2)7-3/h1-2,5-7H2,3-4H3. The lowest BCUT2D eigenvalue weighted by Gasteiger charge is -2.23. The SMILES string of the molecule is [CH2]CC(C)(C[CH2])CC. The molecular weight excluding hydrogens is 96.1 g/mol. The fourth-order valence-corrected chi connectivity index (χ4v) is 0.479. The van der Waals surface area contributed by atoms with Crippen LogP contribution in [-0.4, -0.2) is 0 Å². The molecule has 0 heteroatoms. The average molecular weight is 112 g/mol. The number of hydrogen-bond acceptors (Lipinski definition) is 0. The van der Waals surface area contributed by atoms with Crippen LogP contribution in [0.1, 0.15) is 33.1 Å². The molecular formula is C8H16.